The monoisotopic (exact) mass is 447 g/mol. The molecule has 162 valence electrons. The zero-order chi connectivity index (χ0) is 21.1. The second kappa shape index (κ2) is 9.27. The Morgan fingerprint density at radius 1 is 0.967 bits per heavy atom. The van der Waals surface area contributed by atoms with E-state index in [1.165, 1.54) is 11.3 Å². The first-order valence-corrected chi connectivity index (χ1v) is 12.6. The molecule has 0 spiro atoms. The molecule has 2 aromatic rings. The summed E-state index contributed by atoms with van der Waals surface area (Å²) in [6.07, 6.45) is 4.16. The Bertz CT molecular complexity index is 960. The molecule has 2 aliphatic rings. The van der Waals surface area contributed by atoms with Gasteiger partial charge in [-0.25, -0.2) is 13.1 Å². The molecule has 1 aliphatic carbocycles. The minimum absolute atomic E-state index is 0.0385. The van der Waals surface area contributed by atoms with Gasteiger partial charge in [-0.15, -0.1) is 0 Å². The molecule has 5 nitrogen and oxygen atoms in total. The van der Waals surface area contributed by atoms with E-state index in [0.29, 0.717) is 4.90 Å². The lowest BCUT2D eigenvalue weighted by Crippen LogP contribution is -2.58. The second-order valence-corrected chi connectivity index (χ2v) is 10.5. The maximum atomic E-state index is 12.9. The highest BCUT2D eigenvalue weighted by Crippen LogP contribution is 2.29. The van der Waals surface area contributed by atoms with Crippen LogP contribution in [0.2, 0.25) is 5.02 Å². The van der Waals surface area contributed by atoms with E-state index in [-0.39, 0.29) is 12.1 Å². The molecule has 30 heavy (non-hydrogen) atoms. The molecule has 0 unspecified atom stereocenters. The van der Waals surface area contributed by atoms with Gasteiger partial charge in [0.15, 0.2) is 0 Å². The fourth-order valence-electron chi connectivity index (χ4n) is 4.77. The Balaban J connectivity index is 1.43. The predicted molar refractivity (Wildman–Crippen MR) is 123 cm³/mol. The van der Waals surface area contributed by atoms with Crippen molar-refractivity contribution in [3.05, 3.63) is 59.1 Å². The van der Waals surface area contributed by atoms with Crippen LogP contribution in [0.5, 0.6) is 0 Å². The number of hydrogen-bond acceptors (Lipinski definition) is 4. The van der Waals surface area contributed by atoms with Crippen molar-refractivity contribution in [3.8, 4) is 0 Å². The first kappa shape index (κ1) is 21.6. The number of anilines is 1. The van der Waals surface area contributed by atoms with Crippen LogP contribution in [0, 0.1) is 6.92 Å². The van der Waals surface area contributed by atoms with Crippen molar-refractivity contribution in [2.45, 2.75) is 49.6 Å². The van der Waals surface area contributed by atoms with E-state index in [4.69, 9.17) is 11.6 Å². The zero-order valence-corrected chi connectivity index (χ0v) is 19.0. The third kappa shape index (κ3) is 4.83. The highest BCUT2D eigenvalue weighted by atomic mass is 35.5. The van der Waals surface area contributed by atoms with Crippen LogP contribution in [0.15, 0.2) is 53.4 Å². The smallest absolute Gasteiger partial charge is 0.240 e. The van der Waals surface area contributed by atoms with Crippen molar-refractivity contribution in [1.29, 1.82) is 0 Å². The van der Waals surface area contributed by atoms with Crippen LogP contribution in [0.4, 0.5) is 5.69 Å². The highest BCUT2D eigenvalue weighted by Gasteiger charge is 2.34. The van der Waals surface area contributed by atoms with Gasteiger partial charge in [0.1, 0.15) is 0 Å². The van der Waals surface area contributed by atoms with Gasteiger partial charge in [0.25, 0.3) is 0 Å². The van der Waals surface area contributed by atoms with Crippen molar-refractivity contribution in [3.63, 3.8) is 0 Å². The molecule has 0 radical (unpaired) electrons. The molecule has 1 saturated carbocycles. The summed E-state index contributed by atoms with van der Waals surface area (Å²) in [4.78, 5) is 5.22. The maximum absolute atomic E-state index is 12.9. The summed E-state index contributed by atoms with van der Waals surface area (Å²) >= 11 is 6.22. The fraction of sp³-hybridized carbons (Fsp3) is 0.478. The Kier molecular flexibility index (Phi) is 6.68. The molecule has 0 bridgehead atoms. The van der Waals surface area contributed by atoms with E-state index < -0.39 is 10.0 Å². The summed E-state index contributed by atoms with van der Waals surface area (Å²) in [5.74, 6) is 0. The number of nitrogens with zero attached hydrogens (tertiary/aromatic N) is 2. The van der Waals surface area contributed by atoms with Crippen LogP contribution >= 0.6 is 11.6 Å². The van der Waals surface area contributed by atoms with Crippen molar-refractivity contribution >= 4 is 27.3 Å². The van der Waals surface area contributed by atoms with Gasteiger partial charge in [0, 0.05) is 49.0 Å². The summed E-state index contributed by atoms with van der Waals surface area (Å²) in [7, 11) is -3.50. The van der Waals surface area contributed by atoms with Gasteiger partial charge in [-0.2, -0.15) is 0 Å². The SMILES string of the molecule is Cc1ccc(Cl)cc1N1CCN([C@@H]2CCCC[C@@H]2NS(=O)(=O)c2ccccc2)CC1. The molecular formula is C23H30ClN3O2S. The van der Waals surface area contributed by atoms with Gasteiger partial charge < -0.3 is 4.90 Å². The number of rotatable bonds is 5. The average Bonchev–Trinajstić information content (AvgIpc) is 2.76. The summed E-state index contributed by atoms with van der Waals surface area (Å²) in [6, 6.07) is 14.9. The number of benzene rings is 2. The maximum Gasteiger partial charge on any atom is 0.240 e. The van der Waals surface area contributed by atoms with E-state index in [9.17, 15) is 8.42 Å². The fourth-order valence-corrected chi connectivity index (χ4v) is 6.26. The molecule has 1 N–H and O–H groups in total. The van der Waals surface area contributed by atoms with E-state index >= 15 is 0 Å². The van der Waals surface area contributed by atoms with Crippen LogP contribution in [0.25, 0.3) is 0 Å². The Morgan fingerprint density at radius 2 is 1.67 bits per heavy atom. The quantitative estimate of drug-likeness (QED) is 0.750. The molecule has 7 heteroatoms. The number of sulfonamides is 1. The molecule has 1 heterocycles. The van der Waals surface area contributed by atoms with E-state index in [2.05, 4.69) is 27.5 Å². The Morgan fingerprint density at radius 3 is 2.40 bits per heavy atom. The zero-order valence-electron chi connectivity index (χ0n) is 17.4. The first-order chi connectivity index (χ1) is 14.4. The second-order valence-electron chi connectivity index (χ2n) is 8.35. The lowest BCUT2D eigenvalue weighted by molar-refractivity contribution is 0.124. The molecule has 2 fully saturated rings. The molecule has 2 aromatic carbocycles. The number of aryl methyl sites for hydroxylation is 1. The topological polar surface area (TPSA) is 52.6 Å². The van der Waals surface area contributed by atoms with Crippen molar-refractivity contribution < 1.29 is 8.42 Å². The summed E-state index contributed by atoms with van der Waals surface area (Å²) < 4.78 is 28.8. The normalized spacial score (nSPS) is 23.5. The average molecular weight is 448 g/mol. The first-order valence-electron chi connectivity index (χ1n) is 10.8. The van der Waals surface area contributed by atoms with Crippen molar-refractivity contribution in [1.82, 2.24) is 9.62 Å². The molecule has 2 atom stereocenters. The lowest BCUT2D eigenvalue weighted by atomic mass is 9.89. The van der Waals surface area contributed by atoms with Crippen molar-refractivity contribution in [2.75, 3.05) is 31.1 Å². The van der Waals surface area contributed by atoms with Gasteiger partial charge >= 0.3 is 0 Å². The molecular weight excluding hydrogens is 418 g/mol. The highest BCUT2D eigenvalue weighted by molar-refractivity contribution is 7.89. The summed E-state index contributed by atoms with van der Waals surface area (Å²) in [5, 5.41) is 0.765. The molecule has 4 rings (SSSR count). The van der Waals surface area contributed by atoms with Gasteiger partial charge in [-0.1, -0.05) is 48.7 Å². The number of piperazine rings is 1. The number of halogens is 1. The third-order valence-electron chi connectivity index (χ3n) is 6.38. The van der Waals surface area contributed by atoms with Crippen LogP contribution in [-0.4, -0.2) is 51.6 Å². The van der Waals surface area contributed by atoms with Crippen LogP contribution < -0.4 is 9.62 Å². The van der Waals surface area contributed by atoms with Crippen LogP contribution in [0.1, 0.15) is 31.2 Å². The minimum Gasteiger partial charge on any atom is -0.369 e. The predicted octanol–water partition coefficient (Wildman–Crippen LogP) is 4.06. The van der Waals surface area contributed by atoms with Gasteiger partial charge in [0.2, 0.25) is 10.0 Å². The van der Waals surface area contributed by atoms with Gasteiger partial charge in [-0.05, 0) is 49.6 Å². The molecule has 0 amide bonds. The lowest BCUT2D eigenvalue weighted by Gasteiger charge is -2.45. The van der Waals surface area contributed by atoms with E-state index in [0.717, 1.165) is 56.9 Å². The van der Waals surface area contributed by atoms with Crippen LogP contribution in [-0.2, 0) is 10.0 Å². The van der Waals surface area contributed by atoms with Crippen molar-refractivity contribution in [2.24, 2.45) is 0 Å². The Hall–Kier alpha value is -1.60. The standard InChI is InChI=1S/C23H30ClN3O2S/c1-18-11-12-19(24)17-23(18)27-15-13-26(14-16-27)22-10-6-5-9-21(22)25-30(28,29)20-7-3-2-4-8-20/h2-4,7-8,11-12,17,21-22,25H,5-6,9-10,13-16H2,1H3/t21-,22+/m0/s1. The molecule has 1 saturated heterocycles. The largest absolute Gasteiger partial charge is 0.369 e. The summed E-state index contributed by atoms with van der Waals surface area (Å²) in [5.41, 5.74) is 2.44. The van der Waals surface area contributed by atoms with Gasteiger partial charge in [0.05, 0.1) is 4.90 Å². The minimum atomic E-state index is -3.50. The third-order valence-corrected chi connectivity index (χ3v) is 8.13. The Labute approximate surface area is 185 Å². The molecule has 1 aliphatic heterocycles. The van der Waals surface area contributed by atoms with E-state index in [1.807, 2.05) is 18.2 Å². The molecule has 0 aromatic heterocycles. The van der Waals surface area contributed by atoms with Crippen LogP contribution in [0.3, 0.4) is 0 Å². The summed E-state index contributed by atoms with van der Waals surface area (Å²) in [6.45, 7) is 5.83. The number of nitrogens with one attached hydrogen (secondary N) is 1. The van der Waals surface area contributed by atoms with E-state index in [1.54, 1.807) is 24.3 Å². The number of hydrogen-bond donors (Lipinski definition) is 1. The van der Waals surface area contributed by atoms with Gasteiger partial charge in [-0.3, -0.25) is 4.90 Å².